The van der Waals surface area contributed by atoms with Gasteiger partial charge in [-0.3, -0.25) is 0 Å². The molecular weight excluding hydrogens is 384 g/mol. The Morgan fingerprint density at radius 3 is 2.16 bits per heavy atom. The smallest absolute Gasteiger partial charge is 0.0162 e. The molecule has 0 N–H and O–H groups in total. The Hall–Kier alpha value is -1.56. The lowest BCUT2D eigenvalue weighted by atomic mass is 9.67. The van der Waals surface area contributed by atoms with Gasteiger partial charge in [0, 0.05) is 0 Å². The molecule has 2 aromatic carbocycles. The molecule has 2 fully saturated rings. The number of unbranched alkanes of at least 4 members (excludes halogenated alkanes) is 2. The molecule has 0 aromatic heterocycles. The topological polar surface area (TPSA) is 0 Å². The maximum Gasteiger partial charge on any atom is -0.0162 e. The van der Waals surface area contributed by atoms with Gasteiger partial charge in [-0.15, -0.1) is 0 Å². The molecule has 1 unspecified atom stereocenters. The Bertz CT molecular complexity index is 859. The van der Waals surface area contributed by atoms with Gasteiger partial charge in [-0.25, -0.2) is 0 Å². The molecule has 2 aliphatic rings. The second-order valence-electron chi connectivity index (χ2n) is 11.1. The monoisotopic (exact) mass is 430 g/mol. The quantitative estimate of drug-likeness (QED) is 0.289. The van der Waals surface area contributed by atoms with Gasteiger partial charge in [-0.05, 0) is 123 Å². The third-order valence-electron chi connectivity index (χ3n) is 8.99. The van der Waals surface area contributed by atoms with E-state index >= 15 is 0 Å². The van der Waals surface area contributed by atoms with E-state index in [4.69, 9.17) is 0 Å². The first-order chi connectivity index (χ1) is 15.7. The van der Waals surface area contributed by atoms with Crippen LogP contribution in [0.5, 0.6) is 0 Å². The molecule has 2 saturated carbocycles. The van der Waals surface area contributed by atoms with Gasteiger partial charge in [0.15, 0.2) is 0 Å². The molecule has 0 nitrogen and oxygen atoms in total. The lowest BCUT2D eigenvalue weighted by Crippen LogP contribution is -2.27. The normalized spacial score (nSPS) is 27.7. The summed E-state index contributed by atoms with van der Waals surface area (Å²) in [5.74, 6) is 4.45. The molecule has 1 atom stereocenters. The van der Waals surface area contributed by atoms with Crippen LogP contribution in [0.1, 0.15) is 108 Å². The van der Waals surface area contributed by atoms with Crippen molar-refractivity contribution in [2.24, 2.45) is 23.7 Å². The minimum absolute atomic E-state index is 0.690. The maximum absolute atomic E-state index is 2.49. The highest BCUT2D eigenvalue weighted by Crippen LogP contribution is 2.45. The zero-order chi connectivity index (χ0) is 22.3. The lowest BCUT2D eigenvalue weighted by molar-refractivity contribution is 0.148. The predicted molar refractivity (Wildman–Crippen MR) is 141 cm³/mol. The van der Waals surface area contributed by atoms with Crippen molar-refractivity contribution in [3.05, 3.63) is 59.7 Å². The lowest BCUT2D eigenvalue weighted by Gasteiger charge is -2.39. The van der Waals surface area contributed by atoms with Gasteiger partial charge in [-0.2, -0.15) is 0 Å². The minimum atomic E-state index is 0.690. The fourth-order valence-corrected chi connectivity index (χ4v) is 6.80. The number of hydrogen-bond donors (Lipinski definition) is 0. The van der Waals surface area contributed by atoms with Crippen molar-refractivity contribution in [1.82, 2.24) is 0 Å². The Labute approximate surface area is 197 Å². The number of rotatable bonds is 8. The van der Waals surface area contributed by atoms with E-state index < -0.39 is 0 Å². The standard InChI is InChI=1S/C32H46/c1-4-6-7-9-26-12-15-32-23-30(20-21-31(32)22-26)24(3)27-16-18-29(19-17-27)28-13-10-25(8-5-2)11-14-28/h5,8,12,15,20-25,27-29H,4,6-7,9-11,13-14,16-19H2,1-3H3/b8-5+. The summed E-state index contributed by atoms with van der Waals surface area (Å²) in [4.78, 5) is 0. The van der Waals surface area contributed by atoms with Gasteiger partial charge in [0.1, 0.15) is 0 Å². The van der Waals surface area contributed by atoms with Gasteiger partial charge >= 0.3 is 0 Å². The molecular formula is C32H46. The van der Waals surface area contributed by atoms with E-state index in [1.165, 1.54) is 93.4 Å². The molecule has 0 amide bonds. The highest BCUT2D eigenvalue weighted by Gasteiger charge is 2.32. The Kier molecular flexibility index (Phi) is 8.50. The van der Waals surface area contributed by atoms with Crippen LogP contribution >= 0.6 is 0 Å². The van der Waals surface area contributed by atoms with Crippen LogP contribution in [0, 0.1) is 23.7 Å². The molecule has 0 heterocycles. The van der Waals surface area contributed by atoms with E-state index in [0.717, 1.165) is 23.7 Å². The van der Waals surface area contributed by atoms with E-state index in [2.05, 4.69) is 69.3 Å². The van der Waals surface area contributed by atoms with Crippen molar-refractivity contribution >= 4 is 10.8 Å². The van der Waals surface area contributed by atoms with Crippen molar-refractivity contribution < 1.29 is 0 Å². The highest BCUT2D eigenvalue weighted by molar-refractivity contribution is 5.84. The zero-order valence-corrected chi connectivity index (χ0v) is 21.0. The molecule has 0 radical (unpaired) electrons. The molecule has 0 saturated heterocycles. The molecule has 2 aromatic rings. The highest BCUT2D eigenvalue weighted by atomic mass is 14.4. The fourth-order valence-electron chi connectivity index (χ4n) is 6.80. The van der Waals surface area contributed by atoms with Gasteiger partial charge in [0.05, 0.1) is 0 Å². The van der Waals surface area contributed by atoms with Crippen LogP contribution in [0.4, 0.5) is 0 Å². The molecule has 0 bridgehead atoms. The molecule has 0 aliphatic heterocycles. The summed E-state index contributed by atoms with van der Waals surface area (Å²) in [6, 6.07) is 14.5. The van der Waals surface area contributed by atoms with Crippen LogP contribution < -0.4 is 0 Å². The van der Waals surface area contributed by atoms with Crippen molar-refractivity contribution in [2.75, 3.05) is 0 Å². The predicted octanol–water partition coefficient (Wildman–Crippen LogP) is 9.86. The average Bonchev–Trinajstić information content (AvgIpc) is 2.84. The second kappa shape index (κ2) is 11.5. The van der Waals surface area contributed by atoms with Crippen LogP contribution in [-0.2, 0) is 6.42 Å². The van der Waals surface area contributed by atoms with Crippen molar-refractivity contribution in [3.8, 4) is 0 Å². The fraction of sp³-hybridized carbons (Fsp3) is 0.625. The van der Waals surface area contributed by atoms with Crippen LogP contribution in [0.3, 0.4) is 0 Å². The third kappa shape index (κ3) is 5.86. The Morgan fingerprint density at radius 2 is 1.47 bits per heavy atom. The van der Waals surface area contributed by atoms with E-state index in [1.54, 1.807) is 5.56 Å². The summed E-state index contributed by atoms with van der Waals surface area (Å²) in [6.45, 7) is 6.95. The number of aryl methyl sites for hydroxylation is 1. The van der Waals surface area contributed by atoms with Crippen LogP contribution in [0.15, 0.2) is 48.6 Å². The first-order valence-electron chi connectivity index (χ1n) is 13.8. The summed E-state index contributed by atoms with van der Waals surface area (Å²) >= 11 is 0. The van der Waals surface area contributed by atoms with Gasteiger partial charge < -0.3 is 0 Å². The summed E-state index contributed by atoms with van der Waals surface area (Å²) in [5.41, 5.74) is 3.07. The summed E-state index contributed by atoms with van der Waals surface area (Å²) in [6.07, 6.45) is 21.5. The minimum Gasteiger partial charge on any atom is -0.0914 e. The Morgan fingerprint density at radius 1 is 0.812 bits per heavy atom. The van der Waals surface area contributed by atoms with Gasteiger partial charge in [-0.1, -0.05) is 75.2 Å². The average molecular weight is 431 g/mol. The van der Waals surface area contributed by atoms with E-state index in [0.29, 0.717) is 5.92 Å². The molecule has 0 spiro atoms. The van der Waals surface area contributed by atoms with E-state index in [1.807, 2.05) is 0 Å². The van der Waals surface area contributed by atoms with Crippen molar-refractivity contribution in [1.29, 1.82) is 0 Å². The number of allylic oxidation sites excluding steroid dienone is 2. The molecule has 174 valence electrons. The van der Waals surface area contributed by atoms with Gasteiger partial charge in [0.2, 0.25) is 0 Å². The second-order valence-corrected chi connectivity index (χ2v) is 11.1. The first kappa shape index (κ1) is 23.6. The maximum atomic E-state index is 2.49. The van der Waals surface area contributed by atoms with E-state index in [-0.39, 0.29) is 0 Å². The molecule has 0 heteroatoms. The molecule has 32 heavy (non-hydrogen) atoms. The first-order valence-corrected chi connectivity index (χ1v) is 13.8. The SMILES string of the molecule is C/C=C/C1CCC(C2CCC(C(C)c3ccc4cc(CCCCC)ccc4c3)CC2)CC1. The molecule has 2 aliphatic carbocycles. The number of hydrogen-bond acceptors (Lipinski definition) is 0. The zero-order valence-electron chi connectivity index (χ0n) is 21.0. The molecule has 4 rings (SSSR count). The van der Waals surface area contributed by atoms with Crippen LogP contribution in [0.2, 0.25) is 0 Å². The van der Waals surface area contributed by atoms with E-state index in [9.17, 15) is 0 Å². The van der Waals surface area contributed by atoms with Crippen molar-refractivity contribution in [2.45, 2.75) is 104 Å². The van der Waals surface area contributed by atoms with Crippen LogP contribution in [0.25, 0.3) is 10.8 Å². The van der Waals surface area contributed by atoms with Crippen molar-refractivity contribution in [3.63, 3.8) is 0 Å². The largest absolute Gasteiger partial charge is 0.0914 e. The summed E-state index contributed by atoms with van der Waals surface area (Å²) in [5, 5.41) is 2.85. The summed E-state index contributed by atoms with van der Waals surface area (Å²) < 4.78 is 0. The number of fused-ring (bicyclic) bond motifs is 1. The number of benzene rings is 2. The van der Waals surface area contributed by atoms with Gasteiger partial charge in [0.25, 0.3) is 0 Å². The Balaban J connectivity index is 1.31. The van der Waals surface area contributed by atoms with Crippen LogP contribution in [-0.4, -0.2) is 0 Å². The summed E-state index contributed by atoms with van der Waals surface area (Å²) in [7, 11) is 0. The third-order valence-corrected chi connectivity index (χ3v) is 8.99.